The molecule has 126 valence electrons. The second kappa shape index (κ2) is 5.56. The molecule has 2 saturated carbocycles. The van der Waals surface area contributed by atoms with Crippen molar-refractivity contribution in [1.29, 1.82) is 0 Å². The number of aliphatic hydroxyl groups is 1. The van der Waals surface area contributed by atoms with Crippen LogP contribution in [0.2, 0.25) is 0 Å². The molecule has 4 rings (SSSR count). The standard InChI is InChI=1S/C16H23N3O4/c1-16(7-22-8-16)15(21)17-6-11-4-10(5-12(11)20)14-18-13(19-23-14)9-2-3-9/h9-12,20H,2-8H2,1H3,(H,17,21)/t10-,11+,12+/m0/s1. The normalized spacial score (nSPS) is 32.5. The topological polar surface area (TPSA) is 97.5 Å². The molecule has 1 aliphatic heterocycles. The maximum absolute atomic E-state index is 12.1. The van der Waals surface area contributed by atoms with Gasteiger partial charge in [-0.05, 0) is 32.6 Å². The van der Waals surface area contributed by atoms with Crippen molar-refractivity contribution in [2.75, 3.05) is 19.8 Å². The predicted molar refractivity (Wildman–Crippen MR) is 79.7 cm³/mol. The van der Waals surface area contributed by atoms with E-state index >= 15 is 0 Å². The maximum Gasteiger partial charge on any atom is 0.230 e. The van der Waals surface area contributed by atoms with Crippen LogP contribution in [0.15, 0.2) is 4.52 Å². The quantitative estimate of drug-likeness (QED) is 0.838. The van der Waals surface area contributed by atoms with Crippen molar-refractivity contribution in [2.45, 2.75) is 50.5 Å². The Morgan fingerprint density at radius 3 is 2.78 bits per heavy atom. The lowest BCUT2D eigenvalue weighted by atomic mass is 9.87. The molecule has 3 aliphatic rings. The van der Waals surface area contributed by atoms with Crippen LogP contribution in [0.4, 0.5) is 0 Å². The van der Waals surface area contributed by atoms with E-state index in [1.54, 1.807) is 0 Å². The Balaban J connectivity index is 1.32. The SMILES string of the molecule is CC1(C(=O)NC[C@H]2C[C@H](c3nc(C4CC4)no3)C[C@H]2O)COC1. The monoisotopic (exact) mass is 321 g/mol. The summed E-state index contributed by atoms with van der Waals surface area (Å²) in [4.78, 5) is 16.6. The molecule has 1 amide bonds. The van der Waals surface area contributed by atoms with Crippen molar-refractivity contribution >= 4 is 5.91 Å². The first-order valence-electron chi connectivity index (χ1n) is 8.43. The molecule has 3 atom stereocenters. The number of carbonyl (C=O) groups is 1. The Kier molecular flexibility index (Phi) is 3.65. The minimum atomic E-state index is -0.443. The number of hydrogen-bond donors (Lipinski definition) is 2. The lowest BCUT2D eigenvalue weighted by Gasteiger charge is -2.36. The molecule has 0 unspecified atom stereocenters. The summed E-state index contributed by atoms with van der Waals surface area (Å²) in [5.41, 5.74) is -0.408. The molecule has 0 aromatic carbocycles. The molecule has 7 nitrogen and oxygen atoms in total. The van der Waals surface area contributed by atoms with E-state index < -0.39 is 11.5 Å². The van der Waals surface area contributed by atoms with Gasteiger partial charge < -0.3 is 19.7 Å². The highest BCUT2D eigenvalue weighted by Gasteiger charge is 2.42. The van der Waals surface area contributed by atoms with Crippen molar-refractivity contribution in [3.63, 3.8) is 0 Å². The Labute approximate surface area is 134 Å². The molecule has 1 aromatic heterocycles. The second-order valence-corrected chi connectivity index (χ2v) is 7.52. The van der Waals surface area contributed by atoms with Crippen LogP contribution in [0.1, 0.15) is 56.2 Å². The summed E-state index contributed by atoms with van der Waals surface area (Å²) >= 11 is 0. The lowest BCUT2D eigenvalue weighted by Crippen LogP contribution is -2.52. The summed E-state index contributed by atoms with van der Waals surface area (Å²) in [5.74, 6) is 2.05. The lowest BCUT2D eigenvalue weighted by molar-refractivity contribution is -0.157. The zero-order valence-electron chi connectivity index (χ0n) is 13.3. The number of aromatic nitrogens is 2. The molecule has 2 N–H and O–H groups in total. The molecule has 0 bridgehead atoms. The summed E-state index contributed by atoms with van der Waals surface area (Å²) in [6.45, 7) is 3.33. The zero-order chi connectivity index (χ0) is 16.0. The number of rotatable bonds is 5. The molecule has 2 heterocycles. The number of carbonyl (C=O) groups excluding carboxylic acids is 1. The summed E-state index contributed by atoms with van der Waals surface area (Å²) in [6.07, 6.45) is 3.23. The average Bonchev–Trinajstić information content (AvgIpc) is 3.12. The van der Waals surface area contributed by atoms with Crippen LogP contribution in [0.3, 0.4) is 0 Å². The van der Waals surface area contributed by atoms with E-state index in [0.29, 0.717) is 38.0 Å². The first-order chi connectivity index (χ1) is 11.0. The fourth-order valence-corrected chi connectivity index (χ4v) is 3.42. The van der Waals surface area contributed by atoms with Crippen LogP contribution in [-0.4, -0.2) is 47.0 Å². The van der Waals surface area contributed by atoms with Crippen LogP contribution in [0, 0.1) is 11.3 Å². The molecule has 3 fully saturated rings. The predicted octanol–water partition coefficient (Wildman–Crippen LogP) is 0.954. The van der Waals surface area contributed by atoms with E-state index in [1.165, 1.54) is 0 Å². The van der Waals surface area contributed by atoms with Crippen LogP contribution in [0.5, 0.6) is 0 Å². The van der Waals surface area contributed by atoms with Crippen LogP contribution >= 0.6 is 0 Å². The van der Waals surface area contributed by atoms with E-state index in [-0.39, 0.29) is 17.7 Å². The summed E-state index contributed by atoms with van der Waals surface area (Å²) in [7, 11) is 0. The van der Waals surface area contributed by atoms with Crippen LogP contribution in [0.25, 0.3) is 0 Å². The Morgan fingerprint density at radius 2 is 2.13 bits per heavy atom. The number of hydrogen-bond acceptors (Lipinski definition) is 6. The Morgan fingerprint density at radius 1 is 1.35 bits per heavy atom. The van der Waals surface area contributed by atoms with Crippen molar-refractivity contribution in [3.05, 3.63) is 11.7 Å². The van der Waals surface area contributed by atoms with Crippen molar-refractivity contribution in [2.24, 2.45) is 11.3 Å². The van der Waals surface area contributed by atoms with Gasteiger partial charge >= 0.3 is 0 Å². The number of nitrogens with one attached hydrogen (secondary N) is 1. The van der Waals surface area contributed by atoms with Crippen molar-refractivity contribution in [3.8, 4) is 0 Å². The van der Waals surface area contributed by atoms with E-state index in [2.05, 4.69) is 15.5 Å². The highest BCUT2D eigenvalue weighted by Crippen LogP contribution is 2.41. The molecule has 1 aromatic rings. The van der Waals surface area contributed by atoms with Crippen molar-refractivity contribution < 1.29 is 19.2 Å². The third kappa shape index (κ3) is 2.87. The summed E-state index contributed by atoms with van der Waals surface area (Å²) in [5, 5.41) is 17.3. The minimum absolute atomic E-state index is 0.00760. The first-order valence-corrected chi connectivity index (χ1v) is 8.43. The molecule has 1 saturated heterocycles. The van der Waals surface area contributed by atoms with Gasteiger partial charge in [-0.1, -0.05) is 5.16 Å². The van der Waals surface area contributed by atoms with Gasteiger partial charge in [-0.15, -0.1) is 0 Å². The molecule has 0 spiro atoms. The average molecular weight is 321 g/mol. The minimum Gasteiger partial charge on any atom is -0.393 e. The number of ether oxygens (including phenoxy) is 1. The van der Waals surface area contributed by atoms with Gasteiger partial charge in [0.05, 0.1) is 24.7 Å². The highest BCUT2D eigenvalue weighted by molar-refractivity contribution is 5.83. The first kappa shape index (κ1) is 15.1. The van der Waals surface area contributed by atoms with Crippen molar-refractivity contribution in [1.82, 2.24) is 15.5 Å². The van der Waals surface area contributed by atoms with Gasteiger partial charge in [-0.25, -0.2) is 0 Å². The number of nitrogens with zero attached hydrogens (tertiary/aromatic N) is 2. The van der Waals surface area contributed by atoms with E-state index in [4.69, 9.17) is 9.26 Å². The zero-order valence-corrected chi connectivity index (χ0v) is 13.3. The molecule has 23 heavy (non-hydrogen) atoms. The molecular formula is C16H23N3O4. The number of aliphatic hydroxyl groups excluding tert-OH is 1. The van der Waals surface area contributed by atoms with Gasteiger partial charge in [0.1, 0.15) is 0 Å². The maximum atomic E-state index is 12.1. The van der Waals surface area contributed by atoms with E-state index in [9.17, 15) is 9.90 Å². The fraction of sp³-hybridized carbons (Fsp3) is 0.812. The van der Waals surface area contributed by atoms with Gasteiger partial charge in [0.15, 0.2) is 5.82 Å². The largest absolute Gasteiger partial charge is 0.393 e. The van der Waals surface area contributed by atoms with Gasteiger partial charge in [0.2, 0.25) is 11.8 Å². The number of amides is 1. The fourth-order valence-electron chi connectivity index (χ4n) is 3.42. The second-order valence-electron chi connectivity index (χ2n) is 7.52. The van der Waals surface area contributed by atoms with Gasteiger partial charge in [0, 0.05) is 24.3 Å². The van der Waals surface area contributed by atoms with Gasteiger partial charge in [0.25, 0.3) is 0 Å². The molecule has 7 heteroatoms. The molecule has 0 radical (unpaired) electrons. The highest BCUT2D eigenvalue weighted by atomic mass is 16.5. The van der Waals surface area contributed by atoms with E-state index in [1.807, 2.05) is 6.92 Å². The third-order valence-corrected chi connectivity index (χ3v) is 5.32. The Hall–Kier alpha value is -1.47. The Bertz CT molecular complexity index is 594. The van der Waals surface area contributed by atoms with Crippen LogP contribution in [-0.2, 0) is 9.53 Å². The van der Waals surface area contributed by atoms with Gasteiger partial charge in [-0.3, -0.25) is 4.79 Å². The van der Waals surface area contributed by atoms with Gasteiger partial charge in [-0.2, -0.15) is 4.98 Å². The summed E-state index contributed by atoms with van der Waals surface area (Å²) < 4.78 is 10.5. The van der Waals surface area contributed by atoms with E-state index in [0.717, 1.165) is 25.1 Å². The molecular weight excluding hydrogens is 298 g/mol. The third-order valence-electron chi connectivity index (χ3n) is 5.32. The molecule has 2 aliphatic carbocycles. The smallest absolute Gasteiger partial charge is 0.230 e. The van der Waals surface area contributed by atoms with Crippen LogP contribution < -0.4 is 5.32 Å². The summed E-state index contributed by atoms with van der Waals surface area (Å²) in [6, 6.07) is 0.